The van der Waals surface area contributed by atoms with Crippen molar-refractivity contribution < 1.29 is 42.2 Å². The Morgan fingerprint density at radius 1 is 0.628 bits per heavy atom. The first-order chi connectivity index (χ1) is 37.5. The summed E-state index contributed by atoms with van der Waals surface area (Å²) in [4.78, 5) is 90.2. The van der Waals surface area contributed by atoms with E-state index in [1.807, 2.05) is 94.4 Å². The summed E-state index contributed by atoms with van der Waals surface area (Å²) in [5.41, 5.74) is 5.10. The Kier molecular flexibility index (Phi) is 15.2. The number of aromatic nitrogens is 4. The van der Waals surface area contributed by atoms with Gasteiger partial charge in [0.15, 0.2) is 11.6 Å². The Morgan fingerprint density at radius 2 is 1.09 bits per heavy atom. The normalized spacial score (nSPS) is 21.2. The molecule has 0 spiro atoms. The average molecular weight is 1070 g/mol. The molecule has 4 fully saturated rings. The van der Waals surface area contributed by atoms with E-state index in [1.54, 1.807) is 21.6 Å². The first kappa shape index (κ1) is 53.8. The molecule has 412 valence electrons. The van der Waals surface area contributed by atoms with Crippen molar-refractivity contribution in [2.45, 2.75) is 128 Å². The minimum atomic E-state index is -0.783. The number of rotatable bonds is 14. The maximum Gasteiger partial charge on any atom is 0.407 e. The number of amides is 4. The summed E-state index contributed by atoms with van der Waals surface area (Å²) in [6.45, 7) is 10.7. The molecule has 4 amide bonds. The molecule has 6 atom stereocenters. The number of H-pyrrole nitrogens is 2. The number of halogens is 2. The second kappa shape index (κ2) is 22.0. The number of imidazole rings is 2. The molecule has 4 N–H and O–H groups in total. The van der Waals surface area contributed by atoms with Crippen LogP contribution >= 0.6 is 0 Å². The molecule has 0 saturated carbocycles. The summed E-state index contributed by atoms with van der Waals surface area (Å²) in [6.07, 6.45) is 3.62. The first-order valence-electron chi connectivity index (χ1n) is 27.4. The molecular weight excluding hydrogens is 999 g/mol. The lowest BCUT2D eigenvalue weighted by Gasteiger charge is -2.42. The van der Waals surface area contributed by atoms with Gasteiger partial charge in [0.2, 0.25) is 11.8 Å². The fourth-order valence-electron chi connectivity index (χ4n) is 12.7. The van der Waals surface area contributed by atoms with Crippen LogP contribution in [0.4, 0.5) is 29.7 Å². The zero-order chi connectivity index (χ0) is 55.2. The number of aromatic amines is 2. The minimum Gasteiger partial charge on any atom is -0.453 e. The summed E-state index contributed by atoms with van der Waals surface area (Å²) in [6, 6.07) is 21.5. The summed E-state index contributed by atoms with van der Waals surface area (Å²) in [5.74, 6) is -0.896. The molecule has 4 saturated heterocycles. The number of benzene rings is 4. The van der Waals surface area contributed by atoms with E-state index < -0.39 is 41.3 Å². The number of ketones is 1. The zero-order valence-corrected chi connectivity index (χ0v) is 45.4. The summed E-state index contributed by atoms with van der Waals surface area (Å²) < 4.78 is 43.7. The summed E-state index contributed by atoms with van der Waals surface area (Å²) in [7, 11) is 2.54. The highest BCUT2D eigenvalue weighted by Gasteiger charge is 2.44. The number of anilines is 2. The van der Waals surface area contributed by atoms with Crippen molar-refractivity contribution in [3.63, 3.8) is 0 Å². The molecule has 0 aliphatic carbocycles. The lowest BCUT2D eigenvalue weighted by atomic mass is 9.70. The van der Waals surface area contributed by atoms with Gasteiger partial charge in [-0.2, -0.15) is 0 Å². The number of piperidine rings is 1. The monoisotopic (exact) mass is 1070 g/mol. The molecule has 0 bridgehead atoms. The van der Waals surface area contributed by atoms with Crippen molar-refractivity contribution in [1.82, 2.24) is 40.4 Å². The van der Waals surface area contributed by atoms with E-state index in [0.29, 0.717) is 93.1 Å². The number of fused-ring (bicyclic) bond motifs is 2. The third-order valence-electron chi connectivity index (χ3n) is 16.9. The maximum atomic E-state index is 17.0. The van der Waals surface area contributed by atoms with Crippen molar-refractivity contribution in [3.05, 3.63) is 119 Å². The van der Waals surface area contributed by atoms with Gasteiger partial charge in [0.1, 0.15) is 35.2 Å². The Morgan fingerprint density at radius 3 is 1.51 bits per heavy atom. The molecule has 78 heavy (non-hydrogen) atoms. The van der Waals surface area contributed by atoms with Crippen molar-refractivity contribution in [2.24, 2.45) is 11.8 Å². The van der Waals surface area contributed by atoms with Crippen LogP contribution < -0.4 is 20.4 Å². The van der Waals surface area contributed by atoms with Crippen LogP contribution in [0, 0.1) is 23.5 Å². The Balaban J connectivity index is 0.976. The van der Waals surface area contributed by atoms with E-state index in [1.165, 1.54) is 26.4 Å². The first-order valence-corrected chi connectivity index (χ1v) is 27.4. The molecule has 4 aromatic carbocycles. The molecule has 10 rings (SSSR count). The standard InChI is InChI=1S/C59H70F2N10O7/c1-33(2)50(66-57(75)77-6)55(73)69-25-11-15-48(69)53-62-42-19-17-36(29-44(42)64-53)46-21-22-47(37-18-20-43-45(30-37)65-54(63-43)49-16-12-26-70(49)56(74)51(34(3)4)67-58(76)78-7)71(46)39-31-40(60)52(41(61)32-39)68-27-23-59(24-28-68,35(5)72)38-13-9-8-10-14-38/h8-10,13-14,17-20,29-34,46-51H,11-12,15-16,21-28H2,1-7H3,(H,62,64)(H,63,65)(H,66,75)(H,67,76)/t46-,47-,48+,49+,50+,51+/m1/s1. The zero-order valence-electron chi connectivity index (χ0n) is 45.4. The number of Topliss-reactive ketones (excluding diaryl/α,β-unsaturated/α-hetero) is 1. The second-order valence-electron chi connectivity index (χ2n) is 22.2. The average Bonchev–Trinajstić information content (AvgIpc) is 4.44. The molecule has 6 aromatic rings. The van der Waals surface area contributed by atoms with Gasteiger partial charge in [-0.05, 0) is 123 Å². The number of alkyl carbamates (subject to hydrolysis) is 2. The molecular formula is C59H70F2N10O7. The lowest BCUT2D eigenvalue weighted by molar-refractivity contribution is -0.136. The number of nitrogens with one attached hydrogen (secondary N) is 4. The fourth-order valence-corrected chi connectivity index (χ4v) is 12.7. The highest BCUT2D eigenvalue weighted by Crippen LogP contribution is 2.49. The van der Waals surface area contributed by atoms with Crippen molar-refractivity contribution in [3.8, 4) is 0 Å². The van der Waals surface area contributed by atoms with Crippen molar-refractivity contribution >= 4 is 63.2 Å². The fraction of sp³-hybridized carbons (Fsp3) is 0.475. The van der Waals surface area contributed by atoms with Gasteiger partial charge in [0.25, 0.3) is 0 Å². The van der Waals surface area contributed by atoms with Gasteiger partial charge < -0.3 is 49.7 Å². The van der Waals surface area contributed by atoms with Gasteiger partial charge in [0, 0.05) is 31.9 Å². The summed E-state index contributed by atoms with van der Waals surface area (Å²) in [5, 5.41) is 5.42. The van der Waals surface area contributed by atoms with Crippen LogP contribution in [0.25, 0.3) is 22.1 Å². The molecule has 0 unspecified atom stereocenters. The predicted molar refractivity (Wildman–Crippen MR) is 292 cm³/mol. The van der Waals surface area contributed by atoms with Crippen LogP contribution in [-0.2, 0) is 29.3 Å². The van der Waals surface area contributed by atoms with E-state index in [0.717, 1.165) is 40.6 Å². The van der Waals surface area contributed by atoms with Gasteiger partial charge in [-0.15, -0.1) is 0 Å². The van der Waals surface area contributed by atoms with Gasteiger partial charge in [-0.25, -0.2) is 28.3 Å². The highest BCUT2D eigenvalue weighted by atomic mass is 19.1. The topological polar surface area (TPSA) is 198 Å². The molecule has 4 aliphatic rings. The second-order valence-corrected chi connectivity index (χ2v) is 22.2. The van der Waals surface area contributed by atoms with Crippen LogP contribution in [-0.4, -0.2) is 112 Å². The number of hydrogen-bond acceptors (Lipinski definition) is 11. The molecule has 4 aliphatic heterocycles. The van der Waals surface area contributed by atoms with Crippen LogP contribution in [0.5, 0.6) is 0 Å². The third kappa shape index (κ3) is 10.1. The smallest absolute Gasteiger partial charge is 0.407 e. The lowest BCUT2D eigenvalue weighted by Crippen LogP contribution is -2.51. The quantitative estimate of drug-likeness (QED) is 0.0810. The number of hydrogen-bond donors (Lipinski definition) is 4. The molecule has 19 heteroatoms. The van der Waals surface area contributed by atoms with E-state index in [-0.39, 0.29) is 59.3 Å². The molecule has 17 nitrogen and oxygen atoms in total. The van der Waals surface area contributed by atoms with Gasteiger partial charge in [-0.1, -0.05) is 70.2 Å². The van der Waals surface area contributed by atoms with Crippen LogP contribution in [0.15, 0.2) is 78.9 Å². The van der Waals surface area contributed by atoms with Crippen LogP contribution in [0.1, 0.15) is 138 Å². The minimum absolute atomic E-state index is 0.0325. The van der Waals surface area contributed by atoms with E-state index >= 15 is 8.78 Å². The Hall–Kier alpha value is -7.57. The number of likely N-dealkylation sites (tertiary alicyclic amines) is 2. The van der Waals surface area contributed by atoms with Crippen LogP contribution in [0.2, 0.25) is 0 Å². The number of carbonyl (C=O) groups excluding carboxylic acids is 5. The van der Waals surface area contributed by atoms with Gasteiger partial charge in [-0.3, -0.25) is 14.4 Å². The predicted octanol–water partition coefficient (Wildman–Crippen LogP) is 10.0. The van der Waals surface area contributed by atoms with Crippen molar-refractivity contribution in [1.29, 1.82) is 0 Å². The Bertz CT molecular complexity index is 3060. The number of methoxy groups -OCH3 is 2. The largest absolute Gasteiger partial charge is 0.453 e. The molecule has 2 aromatic heterocycles. The summed E-state index contributed by atoms with van der Waals surface area (Å²) >= 11 is 0. The maximum absolute atomic E-state index is 17.0. The number of nitrogens with zero attached hydrogens (tertiary/aromatic N) is 6. The van der Waals surface area contributed by atoms with Crippen LogP contribution in [0.3, 0.4) is 0 Å². The SMILES string of the molecule is COC(=O)N[C@H](C(=O)N1CCC[C@H]1c1nc2cc([C@H]3CC[C@H](c4ccc5[nH]c([C@@H]6CCCN6C(=O)[C@@H](NC(=O)OC)C(C)C)nc5c4)N3c3cc(F)c(N4CCC(C(C)=O)(c5ccccc5)CC4)c(F)c3)ccc2[nH]1)C(C)C. The third-order valence-corrected chi connectivity index (χ3v) is 16.9. The van der Waals surface area contributed by atoms with Crippen molar-refractivity contribution in [2.75, 3.05) is 50.2 Å². The van der Waals surface area contributed by atoms with E-state index in [9.17, 15) is 24.0 Å². The number of carbonyl (C=O) groups is 5. The van der Waals surface area contributed by atoms with Gasteiger partial charge in [0.05, 0.1) is 65.9 Å². The highest BCUT2D eigenvalue weighted by molar-refractivity contribution is 5.89. The number of ether oxygens (including phenoxy) is 2. The molecule has 0 radical (unpaired) electrons. The Labute approximate surface area is 452 Å². The molecule has 6 heterocycles. The van der Waals surface area contributed by atoms with E-state index in [2.05, 4.69) is 25.5 Å². The van der Waals surface area contributed by atoms with E-state index in [4.69, 9.17) is 19.4 Å². The van der Waals surface area contributed by atoms with Gasteiger partial charge >= 0.3 is 12.2 Å².